The van der Waals surface area contributed by atoms with E-state index in [0.717, 1.165) is 24.1 Å². The molecular formula is C17H22N6O4. The van der Waals surface area contributed by atoms with E-state index < -0.39 is 6.04 Å². The Morgan fingerprint density at radius 2 is 2.00 bits per heavy atom. The van der Waals surface area contributed by atoms with Crippen molar-refractivity contribution in [2.75, 3.05) is 4.90 Å². The van der Waals surface area contributed by atoms with E-state index in [4.69, 9.17) is 5.21 Å². The summed E-state index contributed by atoms with van der Waals surface area (Å²) >= 11 is 0. The molecule has 1 aromatic heterocycles. The number of carbonyl (C=O) groups excluding carboxylic acids is 2. The number of unbranched alkanes of at least 4 members (excludes halogenated alkanes) is 2. The van der Waals surface area contributed by atoms with Crippen LogP contribution >= 0.6 is 0 Å². The molecule has 1 atom stereocenters. The Morgan fingerprint density at radius 3 is 2.78 bits per heavy atom. The first-order valence-corrected chi connectivity index (χ1v) is 8.76. The van der Waals surface area contributed by atoms with Crippen LogP contribution in [0.15, 0.2) is 30.5 Å². The molecule has 2 aromatic rings. The number of rotatable bonds is 9. The molecule has 2 heterocycles. The number of carbonyl (C=O) groups is 2. The second-order valence-corrected chi connectivity index (χ2v) is 6.36. The zero-order valence-electron chi connectivity index (χ0n) is 14.7. The Balaban J connectivity index is 1.55. The molecule has 0 aliphatic carbocycles. The number of para-hydroxylation sites is 1. The van der Waals surface area contributed by atoms with Crippen LogP contribution in [0.2, 0.25) is 0 Å². The Kier molecular flexibility index (Phi) is 6.12. The van der Waals surface area contributed by atoms with Gasteiger partial charge in [0, 0.05) is 24.2 Å². The van der Waals surface area contributed by atoms with Gasteiger partial charge in [0.1, 0.15) is 11.7 Å². The van der Waals surface area contributed by atoms with Crippen molar-refractivity contribution in [1.82, 2.24) is 26.0 Å². The number of nitrogens with zero attached hydrogens (tertiary/aromatic N) is 4. The molecule has 1 aromatic carbocycles. The van der Waals surface area contributed by atoms with E-state index in [0.29, 0.717) is 18.7 Å². The molecule has 0 radical (unpaired) electrons. The van der Waals surface area contributed by atoms with Gasteiger partial charge in [0.15, 0.2) is 0 Å². The molecule has 3 rings (SSSR count). The lowest BCUT2D eigenvalue weighted by atomic mass is 10.1. The van der Waals surface area contributed by atoms with Gasteiger partial charge in [0.05, 0.1) is 12.7 Å². The Hall–Kier alpha value is -2.82. The molecule has 2 amide bonds. The summed E-state index contributed by atoms with van der Waals surface area (Å²) < 4.78 is 1.70. The van der Waals surface area contributed by atoms with Crippen molar-refractivity contribution in [3.8, 4) is 0 Å². The number of nitrogens with one attached hydrogen (secondary N) is 2. The van der Waals surface area contributed by atoms with Crippen molar-refractivity contribution in [3.63, 3.8) is 0 Å². The molecular weight excluding hydrogens is 352 g/mol. The first kappa shape index (κ1) is 19.0. The molecule has 10 nitrogen and oxygen atoms in total. The summed E-state index contributed by atoms with van der Waals surface area (Å²) in [7, 11) is 0. The van der Waals surface area contributed by atoms with Gasteiger partial charge in [-0.2, -0.15) is 5.48 Å². The number of hydrogen-bond acceptors (Lipinski definition) is 7. The first-order chi connectivity index (χ1) is 13.1. The highest BCUT2D eigenvalue weighted by atomic mass is 16.5. The molecule has 1 aliphatic heterocycles. The highest BCUT2D eigenvalue weighted by Crippen LogP contribution is 2.36. The van der Waals surface area contributed by atoms with E-state index in [2.05, 4.69) is 15.8 Å². The van der Waals surface area contributed by atoms with Crippen LogP contribution in [0.5, 0.6) is 0 Å². The van der Waals surface area contributed by atoms with Crippen LogP contribution in [-0.2, 0) is 22.7 Å². The first-order valence-electron chi connectivity index (χ1n) is 8.76. The van der Waals surface area contributed by atoms with Crippen molar-refractivity contribution >= 4 is 17.5 Å². The fourth-order valence-corrected chi connectivity index (χ4v) is 3.15. The maximum Gasteiger partial charge on any atom is 0.251 e. The molecule has 0 saturated carbocycles. The van der Waals surface area contributed by atoms with Gasteiger partial charge in [-0.15, -0.1) is 5.10 Å². The monoisotopic (exact) mass is 374 g/mol. The fourth-order valence-electron chi connectivity index (χ4n) is 3.15. The lowest BCUT2D eigenvalue weighted by Crippen LogP contribution is -2.33. The van der Waals surface area contributed by atoms with Crippen molar-refractivity contribution in [2.24, 2.45) is 0 Å². The van der Waals surface area contributed by atoms with Crippen LogP contribution in [0.1, 0.15) is 43.0 Å². The second kappa shape index (κ2) is 8.71. The SMILES string of the molecule is O=C(CCCCCn1cc(CN2C(=O)C(NO)c3ccccc32)nn1)NO. The van der Waals surface area contributed by atoms with Crippen LogP contribution in [-0.4, -0.2) is 37.2 Å². The van der Waals surface area contributed by atoms with Gasteiger partial charge in [-0.25, -0.2) is 5.48 Å². The zero-order valence-corrected chi connectivity index (χ0v) is 14.7. The van der Waals surface area contributed by atoms with Crippen LogP contribution < -0.4 is 15.9 Å². The molecule has 27 heavy (non-hydrogen) atoms. The number of aromatic nitrogens is 3. The summed E-state index contributed by atoms with van der Waals surface area (Å²) in [6.07, 6.45) is 4.40. The molecule has 1 unspecified atom stereocenters. The average molecular weight is 374 g/mol. The molecule has 0 saturated heterocycles. The predicted molar refractivity (Wildman–Crippen MR) is 93.7 cm³/mol. The third-order valence-electron chi connectivity index (χ3n) is 4.50. The van der Waals surface area contributed by atoms with Gasteiger partial charge in [-0.05, 0) is 18.9 Å². The number of hydroxylamine groups is 2. The molecule has 4 N–H and O–H groups in total. The third-order valence-corrected chi connectivity index (χ3v) is 4.50. The molecule has 0 spiro atoms. The summed E-state index contributed by atoms with van der Waals surface area (Å²) in [6.45, 7) is 0.920. The maximum absolute atomic E-state index is 12.5. The summed E-state index contributed by atoms with van der Waals surface area (Å²) in [5, 5.41) is 25.9. The molecule has 0 fully saturated rings. The van der Waals surface area contributed by atoms with Crippen molar-refractivity contribution in [3.05, 3.63) is 41.7 Å². The van der Waals surface area contributed by atoms with Gasteiger partial charge < -0.3 is 10.1 Å². The minimum absolute atomic E-state index is 0.240. The van der Waals surface area contributed by atoms with E-state index in [1.807, 2.05) is 18.2 Å². The molecule has 144 valence electrons. The van der Waals surface area contributed by atoms with Gasteiger partial charge in [-0.3, -0.25) is 19.5 Å². The van der Waals surface area contributed by atoms with E-state index in [9.17, 15) is 14.8 Å². The summed E-state index contributed by atoms with van der Waals surface area (Å²) in [4.78, 5) is 25.0. The number of amides is 2. The van der Waals surface area contributed by atoms with Crippen molar-refractivity contribution in [2.45, 2.75) is 44.8 Å². The lowest BCUT2D eigenvalue weighted by molar-refractivity contribution is -0.129. The Bertz CT molecular complexity index is 808. The zero-order chi connectivity index (χ0) is 19.2. The molecule has 0 bridgehead atoms. The molecule has 10 heteroatoms. The number of fused-ring (bicyclic) bond motifs is 1. The fraction of sp³-hybridized carbons (Fsp3) is 0.412. The summed E-state index contributed by atoms with van der Waals surface area (Å²) in [5.41, 5.74) is 5.79. The van der Waals surface area contributed by atoms with Gasteiger partial charge in [0.25, 0.3) is 5.91 Å². The summed E-state index contributed by atoms with van der Waals surface area (Å²) in [6, 6.07) is 6.52. The topological polar surface area (TPSA) is 133 Å². The van der Waals surface area contributed by atoms with Crippen LogP contribution in [0.3, 0.4) is 0 Å². The van der Waals surface area contributed by atoms with E-state index in [1.165, 1.54) is 0 Å². The van der Waals surface area contributed by atoms with Gasteiger partial charge >= 0.3 is 0 Å². The number of benzene rings is 1. The van der Waals surface area contributed by atoms with E-state index >= 15 is 0 Å². The standard InChI is InChI=1S/C17H22N6O4/c24-15(19-26)8-2-1-5-9-22-10-12(18-21-22)11-23-14-7-4-3-6-13(14)16(20-27)17(23)25/h3-4,6-7,10,16,20,26-27H,1-2,5,8-9,11H2,(H,19,24). The van der Waals surface area contributed by atoms with Crippen LogP contribution in [0.4, 0.5) is 5.69 Å². The molecule has 1 aliphatic rings. The van der Waals surface area contributed by atoms with E-state index in [-0.39, 0.29) is 24.8 Å². The van der Waals surface area contributed by atoms with Gasteiger partial charge in [0.2, 0.25) is 5.91 Å². The number of anilines is 1. The van der Waals surface area contributed by atoms with Gasteiger partial charge in [-0.1, -0.05) is 29.8 Å². The highest BCUT2D eigenvalue weighted by molar-refractivity contribution is 6.04. The number of hydrogen-bond donors (Lipinski definition) is 4. The Labute approximate surface area is 155 Å². The lowest BCUT2D eigenvalue weighted by Gasteiger charge is -2.15. The maximum atomic E-state index is 12.5. The minimum atomic E-state index is -0.771. The van der Waals surface area contributed by atoms with Crippen LogP contribution in [0, 0.1) is 0 Å². The summed E-state index contributed by atoms with van der Waals surface area (Å²) in [5.74, 6) is -0.625. The average Bonchev–Trinajstić information content (AvgIpc) is 3.24. The van der Waals surface area contributed by atoms with E-state index in [1.54, 1.807) is 27.3 Å². The predicted octanol–water partition coefficient (Wildman–Crippen LogP) is 0.911. The number of aryl methyl sites for hydroxylation is 1. The second-order valence-electron chi connectivity index (χ2n) is 6.36. The minimum Gasteiger partial charge on any atom is -0.316 e. The largest absolute Gasteiger partial charge is 0.316 e. The third kappa shape index (κ3) is 4.30. The Morgan fingerprint density at radius 1 is 1.19 bits per heavy atom. The van der Waals surface area contributed by atoms with Crippen molar-refractivity contribution in [1.29, 1.82) is 0 Å². The van der Waals surface area contributed by atoms with Crippen molar-refractivity contribution < 1.29 is 20.0 Å². The highest BCUT2D eigenvalue weighted by Gasteiger charge is 2.37. The van der Waals surface area contributed by atoms with Crippen LogP contribution in [0.25, 0.3) is 0 Å². The normalized spacial score (nSPS) is 15.9. The smallest absolute Gasteiger partial charge is 0.251 e. The quantitative estimate of drug-likeness (QED) is 0.291.